The molecule has 3 aromatic rings. The van der Waals surface area contributed by atoms with Gasteiger partial charge < -0.3 is 4.90 Å². The van der Waals surface area contributed by atoms with E-state index in [9.17, 15) is 9.59 Å². The van der Waals surface area contributed by atoms with Gasteiger partial charge in [-0.3, -0.25) is 19.7 Å². The summed E-state index contributed by atoms with van der Waals surface area (Å²) in [5.74, 6) is -0.139. The molecule has 0 spiro atoms. The van der Waals surface area contributed by atoms with Crippen molar-refractivity contribution < 1.29 is 4.79 Å². The number of amides is 1. The van der Waals surface area contributed by atoms with Gasteiger partial charge in [0.1, 0.15) is 5.69 Å². The van der Waals surface area contributed by atoms with E-state index in [4.69, 9.17) is 0 Å². The van der Waals surface area contributed by atoms with Crippen LogP contribution in [0.5, 0.6) is 0 Å². The zero-order valence-electron chi connectivity index (χ0n) is 15.5. The van der Waals surface area contributed by atoms with Gasteiger partial charge in [0.2, 0.25) is 0 Å². The number of fused-ring (bicyclic) bond motifs is 1. The average molecular weight is 366 g/mol. The van der Waals surface area contributed by atoms with Gasteiger partial charge in [-0.25, -0.2) is 14.5 Å². The third kappa shape index (κ3) is 3.22. The number of hydrogen-bond donors (Lipinski definition) is 1. The van der Waals surface area contributed by atoms with E-state index in [1.807, 2.05) is 24.8 Å². The number of nitrogens with zero attached hydrogens (tertiary/aromatic N) is 5. The van der Waals surface area contributed by atoms with Crippen molar-refractivity contribution in [1.29, 1.82) is 0 Å². The molecule has 140 valence electrons. The van der Waals surface area contributed by atoms with Gasteiger partial charge in [-0.1, -0.05) is 6.92 Å². The highest BCUT2D eigenvalue weighted by atomic mass is 16.2. The maximum absolute atomic E-state index is 13.0. The number of aromatic amines is 1. The first kappa shape index (κ1) is 17.4. The minimum absolute atomic E-state index is 0.138. The molecule has 1 N–H and O–H groups in total. The predicted octanol–water partition coefficient (Wildman–Crippen LogP) is 2.05. The zero-order chi connectivity index (χ0) is 19.0. The average Bonchev–Trinajstić information content (AvgIpc) is 3.12. The molecule has 8 heteroatoms. The molecular formula is C19H22N6O2. The number of H-pyrrole nitrogens is 1. The van der Waals surface area contributed by atoms with Crippen molar-refractivity contribution in [3.63, 3.8) is 0 Å². The van der Waals surface area contributed by atoms with Crippen molar-refractivity contribution in [3.8, 4) is 0 Å². The summed E-state index contributed by atoms with van der Waals surface area (Å²) < 4.78 is 1.44. The van der Waals surface area contributed by atoms with Crippen LogP contribution in [-0.2, 0) is 6.42 Å². The van der Waals surface area contributed by atoms with E-state index in [0.29, 0.717) is 24.3 Å². The van der Waals surface area contributed by atoms with Gasteiger partial charge >= 0.3 is 0 Å². The molecule has 27 heavy (non-hydrogen) atoms. The Bertz CT molecular complexity index is 1040. The van der Waals surface area contributed by atoms with E-state index < -0.39 is 0 Å². The summed E-state index contributed by atoms with van der Waals surface area (Å²) in [4.78, 5) is 40.1. The molecule has 4 heterocycles. The van der Waals surface area contributed by atoms with Crippen LogP contribution < -0.4 is 5.56 Å². The Kier molecular flexibility index (Phi) is 4.47. The highest BCUT2D eigenvalue weighted by Gasteiger charge is 2.31. The lowest BCUT2D eigenvalue weighted by atomic mass is 9.99. The molecule has 0 aliphatic carbocycles. The largest absolute Gasteiger partial charge is 0.329 e. The topological polar surface area (TPSA) is 96.2 Å². The fourth-order valence-corrected chi connectivity index (χ4v) is 3.56. The summed E-state index contributed by atoms with van der Waals surface area (Å²) in [5.41, 5.74) is 3.14. The molecule has 0 unspecified atom stereocenters. The van der Waals surface area contributed by atoms with Crippen molar-refractivity contribution in [2.75, 3.05) is 6.54 Å². The SMILES string of the molecule is CCc1cc(=O)n2[nH]c([C@H]3CCCCN3C(=O)c3cnc(C)cn3)cc2n1. The number of nitrogens with one attached hydrogen (secondary N) is 1. The normalized spacial score (nSPS) is 17.4. The lowest BCUT2D eigenvalue weighted by Gasteiger charge is -2.34. The maximum atomic E-state index is 13.0. The number of piperidine rings is 1. The molecule has 1 aliphatic heterocycles. The van der Waals surface area contributed by atoms with Crippen LogP contribution in [0.2, 0.25) is 0 Å². The maximum Gasteiger partial charge on any atom is 0.274 e. The molecule has 1 fully saturated rings. The lowest BCUT2D eigenvalue weighted by Crippen LogP contribution is -2.39. The first-order valence-corrected chi connectivity index (χ1v) is 9.28. The summed E-state index contributed by atoms with van der Waals surface area (Å²) in [5, 5.41) is 3.14. The highest BCUT2D eigenvalue weighted by molar-refractivity contribution is 5.92. The summed E-state index contributed by atoms with van der Waals surface area (Å²) in [6.07, 6.45) is 6.62. The molecule has 0 saturated carbocycles. The van der Waals surface area contributed by atoms with Gasteiger partial charge in [0.25, 0.3) is 11.5 Å². The van der Waals surface area contributed by atoms with Gasteiger partial charge in [0, 0.05) is 30.6 Å². The first-order valence-electron chi connectivity index (χ1n) is 9.28. The second-order valence-electron chi connectivity index (χ2n) is 6.90. The molecule has 1 aliphatic rings. The number of rotatable bonds is 3. The third-order valence-corrected chi connectivity index (χ3v) is 5.01. The molecule has 3 aromatic heterocycles. The van der Waals surface area contributed by atoms with Crippen LogP contribution in [0.25, 0.3) is 5.65 Å². The molecule has 0 aromatic carbocycles. The lowest BCUT2D eigenvalue weighted by molar-refractivity contribution is 0.0599. The van der Waals surface area contributed by atoms with E-state index >= 15 is 0 Å². The Balaban J connectivity index is 1.71. The Morgan fingerprint density at radius 3 is 2.85 bits per heavy atom. The van der Waals surface area contributed by atoms with E-state index in [1.165, 1.54) is 10.7 Å². The zero-order valence-corrected chi connectivity index (χ0v) is 15.5. The van der Waals surface area contributed by atoms with Gasteiger partial charge in [0.15, 0.2) is 5.65 Å². The molecule has 8 nitrogen and oxygen atoms in total. The van der Waals surface area contributed by atoms with Crippen LogP contribution >= 0.6 is 0 Å². The second-order valence-corrected chi connectivity index (χ2v) is 6.90. The van der Waals surface area contributed by atoms with E-state index in [2.05, 4.69) is 20.1 Å². The molecule has 1 saturated heterocycles. The van der Waals surface area contributed by atoms with Gasteiger partial charge in [0.05, 0.1) is 23.6 Å². The Labute approximate surface area is 156 Å². The minimum Gasteiger partial charge on any atom is -0.329 e. The van der Waals surface area contributed by atoms with Crippen molar-refractivity contribution in [1.82, 2.24) is 29.5 Å². The molecule has 1 amide bonds. The number of aromatic nitrogens is 5. The number of likely N-dealkylation sites (tertiary alicyclic amines) is 1. The van der Waals surface area contributed by atoms with Gasteiger partial charge in [-0.15, -0.1) is 0 Å². The van der Waals surface area contributed by atoms with E-state index in [0.717, 1.165) is 36.3 Å². The van der Waals surface area contributed by atoms with Gasteiger partial charge in [-0.05, 0) is 32.6 Å². The van der Waals surface area contributed by atoms with Crippen molar-refractivity contribution in [3.05, 3.63) is 57.7 Å². The van der Waals surface area contributed by atoms with Crippen molar-refractivity contribution in [2.24, 2.45) is 0 Å². The van der Waals surface area contributed by atoms with Crippen LogP contribution in [0.15, 0.2) is 29.3 Å². The van der Waals surface area contributed by atoms with Gasteiger partial charge in [-0.2, -0.15) is 0 Å². The van der Waals surface area contributed by atoms with E-state index in [1.54, 1.807) is 12.3 Å². The standard InChI is InChI=1S/C19H22N6O2/c1-3-13-8-18(26)25-17(22-13)9-14(23-25)16-6-4-5-7-24(16)19(27)15-11-20-12(2)10-21-15/h8-11,16,23H,3-7H2,1-2H3/t16-/m1/s1. The van der Waals surface area contributed by atoms with E-state index in [-0.39, 0.29) is 17.5 Å². The summed E-state index contributed by atoms with van der Waals surface area (Å²) in [6, 6.07) is 3.27. The fraction of sp³-hybridized carbons (Fsp3) is 0.421. The number of aryl methyl sites for hydroxylation is 2. The molecule has 0 bridgehead atoms. The summed E-state index contributed by atoms with van der Waals surface area (Å²) in [6.45, 7) is 4.46. The highest BCUT2D eigenvalue weighted by Crippen LogP contribution is 2.31. The molecular weight excluding hydrogens is 344 g/mol. The first-order chi connectivity index (χ1) is 13.1. The van der Waals surface area contributed by atoms with Crippen LogP contribution in [-0.4, -0.2) is 41.9 Å². The van der Waals surface area contributed by atoms with Crippen molar-refractivity contribution in [2.45, 2.75) is 45.6 Å². The quantitative estimate of drug-likeness (QED) is 0.765. The number of hydrogen-bond acceptors (Lipinski definition) is 5. The predicted molar refractivity (Wildman–Crippen MR) is 99.6 cm³/mol. The number of carbonyl (C=O) groups excluding carboxylic acids is 1. The Hall–Kier alpha value is -3.03. The Morgan fingerprint density at radius 2 is 2.11 bits per heavy atom. The summed E-state index contributed by atoms with van der Waals surface area (Å²) in [7, 11) is 0. The van der Waals surface area contributed by atoms with Crippen LogP contribution in [0.1, 0.15) is 59.8 Å². The van der Waals surface area contributed by atoms with Crippen LogP contribution in [0, 0.1) is 6.92 Å². The Morgan fingerprint density at radius 1 is 1.26 bits per heavy atom. The minimum atomic E-state index is -0.139. The van der Waals surface area contributed by atoms with Crippen LogP contribution in [0.4, 0.5) is 0 Å². The molecule has 0 radical (unpaired) electrons. The summed E-state index contributed by atoms with van der Waals surface area (Å²) >= 11 is 0. The molecule has 4 rings (SSSR count). The number of carbonyl (C=O) groups is 1. The fourth-order valence-electron chi connectivity index (χ4n) is 3.56. The van der Waals surface area contributed by atoms with Crippen molar-refractivity contribution >= 4 is 11.6 Å². The second kappa shape index (κ2) is 6.94. The smallest absolute Gasteiger partial charge is 0.274 e. The molecule has 1 atom stereocenters. The monoisotopic (exact) mass is 366 g/mol. The third-order valence-electron chi connectivity index (χ3n) is 5.01. The van der Waals surface area contributed by atoms with Crippen LogP contribution in [0.3, 0.4) is 0 Å².